The maximum Gasteiger partial charge on any atom is 0.573 e. The number of hydrogen-bond acceptors (Lipinski definition) is 20. The first-order chi connectivity index (χ1) is 55.0. The molecular formula is C83H70F9N17O5. The number of benzene rings is 6. The lowest BCUT2D eigenvalue weighted by atomic mass is 9.94. The molecule has 2 atom stereocenters. The third-order valence-corrected chi connectivity index (χ3v) is 19.4. The second kappa shape index (κ2) is 32.6. The molecule has 15 aromatic rings. The molecule has 22 nitrogen and oxygen atoms in total. The molecule has 2 fully saturated rings. The largest absolute Gasteiger partial charge is 0.573 e. The van der Waals surface area contributed by atoms with Gasteiger partial charge in [-0.2, -0.15) is 0 Å². The average Bonchev–Trinajstić information content (AvgIpc) is 1.33. The van der Waals surface area contributed by atoms with Crippen LogP contribution in [0.4, 0.5) is 79.7 Å². The minimum atomic E-state index is -4.78. The summed E-state index contributed by atoms with van der Waals surface area (Å²) in [6, 6.07) is 42.0. The van der Waals surface area contributed by atoms with E-state index < -0.39 is 19.1 Å². The maximum atomic E-state index is 12.8. The minimum absolute atomic E-state index is 0.103. The number of nitrogens with two attached hydrogens (primary N) is 1. The van der Waals surface area contributed by atoms with Crippen molar-refractivity contribution in [3.05, 3.63) is 247 Å². The van der Waals surface area contributed by atoms with E-state index in [2.05, 4.69) is 65.0 Å². The number of alkyl halides is 9. The first-order valence-electron chi connectivity index (χ1n) is 36.2. The summed E-state index contributed by atoms with van der Waals surface area (Å²) in [5, 5.41) is 14.4. The molecule has 5 N–H and O–H groups in total. The van der Waals surface area contributed by atoms with Crippen LogP contribution in [-0.4, -0.2) is 96.3 Å². The first-order valence-corrected chi connectivity index (χ1v) is 36.2. The normalized spacial score (nSPS) is 14.6. The summed E-state index contributed by atoms with van der Waals surface area (Å²) in [7, 11) is 0. The first kappa shape index (κ1) is 76.2. The Hall–Kier alpha value is -13.2. The Morgan fingerprint density at radius 3 is 1.18 bits per heavy atom. The van der Waals surface area contributed by atoms with Crippen LogP contribution in [0.25, 0.3) is 77.2 Å². The van der Waals surface area contributed by atoms with Crippen molar-refractivity contribution in [2.75, 3.05) is 34.9 Å². The summed E-state index contributed by atoms with van der Waals surface area (Å²) in [6.45, 7) is 7.41. The number of ether oxygens (including phenoxy) is 5. The molecular weight excluding hydrogens is 1490 g/mol. The lowest BCUT2D eigenvalue weighted by molar-refractivity contribution is -0.275. The minimum Gasteiger partial charge on any atom is -0.406 e. The lowest BCUT2D eigenvalue weighted by Gasteiger charge is -2.23. The molecule has 9 aromatic heterocycles. The summed E-state index contributed by atoms with van der Waals surface area (Å²) in [6.07, 6.45) is 7.69. The highest BCUT2D eigenvalue weighted by Crippen LogP contribution is 2.40. The second-order valence-corrected chi connectivity index (χ2v) is 27.0. The molecule has 0 aliphatic carbocycles. The van der Waals surface area contributed by atoms with Gasteiger partial charge in [0.25, 0.3) is 0 Å². The number of aromatic nitrogens is 13. The highest BCUT2D eigenvalue weighted by atomic mass is 19.4. The van der Waals surface area contributed by atoms with Gasteiger partial charge in [-0.3, -0.25) is 19.1 Å². The van der Waals surface area contributed by atoms with Crippen LogP contribution >= 0.6 is 0 Å². The van der Waals surface area contributed by atoms with E-state index in [0.717, 1.165) is 132 Å². The monoisotopic (exact) mass is 1560 g/mol. The van der Waals surface area contributed by atoms with Crippen LogP contribution in [0, 0.1) is 20.8 Å². The molecule has 0 radical (unpaired) electrons. The number of nitrogens with zero attached hydrogens (tertiary/aromatic N) is 13. The topological polar surface area (TPSA) is 260 Å². The van der Waals surface area contributed by atoms with Gasteiger partial charge in [0.1, 0.15) is 82.2 Å². The maximum absolute atomic E-state index is 12.8. The molecule has 6 aromatic carbocycles. The van der Waals surface area contributed by atoms with Crippen LogP contribution < -0.4 is 35.9 Å². The number of fused-ring (bicyclic) bond motifs is 5. The fraction of sp³-hybridized carbons (Fsp3) is 0.217. The summed E-state index contributed by atoms with van der Waals surface area (Å²) < 4.78 is 142. The molecule has 0 saturated carbocycles. The number of nitrogen functional groups attached to an aromatic ring is 1. The molecule has 0 bridgehead atoms. The smallest absolute Gasteiger partial charge is 0.406 e. The number of hydrogen-bond donors (Lipinski definition) is 4. The Morgan fingerprint density at radius 2 is 0.789 bits per heavy atom. The van der Waals surface area contributed by atoms with E-state index in [9.17, 15) is 39.5 Å². The molecule has 580 valence electrons. The van der Waals surface area contributed by atoms with Crippen molar-refractivity contribution in [1.29, 1.82) is 0 Å². The number of rotatable bonds is 17. The summed E-state index contributed by atoms with van der Waals surface area (Å²) in [5.41, 5.74) is 20.6. The molecule has 31 heteroatoms. The molecule has 2 aliphatic rings. The number of aryl methyl sites for hydroxylation is 3. The van der Waals surface area contributed by atoms with E-state index in [0.29, 0.717) is 88.7 Å². The van der Waals surface area contributed by atoms with Crippen LogP contribution in [0.5, 0.6) is 17.2 Å². The number of pyridine rings is 5. The van der Waals surface area contributed by atoms with Crippen molar-refractivity contribution >= 4 is 94.8 Å². The van der Waals surface area contributed by atoms with Gasteiger partial charge in [0.05, 0.1) is 24.0 Å². The van der Waals surface area contributed by atoms with E-state index in [1.807, 2.05) is 103 Å². The number of imidazole rings is 2. The number of nitrogens with one attached hydrogen (secondary N) is 3. The summed E-state index contributed by atoms with van der Waals surface area (Å²) in [4.78, 5) is 50.6. The van der Waals surface area contributed by atoms with Crippen molar-refractivity contribution in [2.45, 2.75) is 104 Å². The molecule has 2 saturated heterocycles. The standard InChI is InChI=1S/2C33H28F3N7O2.C17H14F3N3O/c2*1-20-10-11-24-23(12-14-38-31(24)42-21-6-4-7-22(16-21)45-33(34,35)36)26(20)17-27-25(8-5-13-37-27)29-30-32(40-18-39-29)43(19-41-30)28-9-2-3-15-44-28;1-10-5-6-14-13(15(10)21)7-8-22-16(14)23-11-3-2-4-12(9-11)24-17(18,19)20/h2*4-8,10-14,16,18-19,28H,2-3,9,15,17H2,1H3,(H,38,42);2-9H,21H2,1H3,(H,22,23). The van der Waals surface area contributed by atoms with Crippen molar-refractivity contribution in [2.24, 2.45) is 0 Å². The van der Waals surface area contributed by atoms with Crippen molar-refractivity contribution in [3.63, 3.8) is 0 Å². The van der Waals surface area contributed by atoms with Crippen LogP contribution in [0.2, 0.25) is 0 Å². The van der Waals surface area contributed by atoms with Gasteiger partial charge in [-0.1, -0.05) is 54.6 Å². The van der Waals surface area contributed by atoms with Crippen LogP contribution in [0.1, 0.15) is 90.2 Å². The van der Waals surface area contributed by atoms with Crippen LogP contribution in [-0.2, 0) is 22.3 Å². The third kappa shape index (κ3) is 17.5. The van der Waals surface area contributed by atoms with Crippen LogP contribution in [0.15, 0.2) is 208 Å². The fourth-order valence-corrected chi connectivity index (χ4v) is 14.1. The fourth-order valence-electron chi connectivity index (χ4n) is 14.1. The van der Waals surface area contributed by atoms with Crippen molar-refractivity contribution < 1.29 is 63.2 Å². The highest BCUT2D eigenvalue weighted by Gasteiger charge is 2.34. The summed E-state index contributed by atoms with van der Waals surface area (Å²) >= 11 is 0. The van der Waals surface area contributed by atoms with Gasteiger partial charge >= 0.3 is 19.1 Å². The zero-order valence-corrected chi connectivity index (χ0v) is 61.2. The van der Waals surface area contributed by atoms with Crippen molar-refractivity contribution in [1.82, 2.24) is 64.0 Å². The summed E-state index contributed by atoms with van der Waals surface area (Å²) in [5.74, 6) is 0.578. The van der Waals surface area contributed by atoms with E-state index in [4.69, 9.17) is 35.1 Å². The van der Waals surface area contributed by atoms with Gasteiger partial charge < -0.3 is 45.4 Å². The van der Waals surface area contributed by atoms with E-state index >= 15 is 0 Å². The quantitative estimate of drug-likeness (QED) is 0.0488. The van der Waals surface area contributed by atoms with E-state index in [1.165, 1.54) is 54.6 Å². The van der Waals surface area contributed by atoms with Crippen molar-refractivity contribution in [3.8, 4) is 39.8 Å². The Morgan fingerprint density at radius 1 is 0.404 bits per heavy atom. The number of anilines is 7. The van der Waals surface area contributed by atoms with Gasteiger partial charge in [0.15, 0.2) is 11.3 Å². The van der Waals surface area contributed by atoms with Gasteiger partial charge in [-0.25, -0.2) is 44.9 Å². The Bertz CT molecular complexity index is 5720. The Balaban J connectivity index is 0.000000141. The predicted molar refractivity (Wildman–Crippen MR) is 413 cm³/mol. The molecule has 2 unspecified atom stereocenters. The third-order valence-electron chi connectivity index (χ3n) is 19.4. The highest BCUT2D eigenvalue weighted by molar-refractivity contribution is 6.02. The van der Waals surface area contributed by atoms with Gasteiger partial charge in [-0.05, 0) is 177 Å². The van der Waals surface area contributed by atoms with Gasteiger partial charge in [-0.15, -0.1) is 39.5 Å². The SMILES string of the molecule is Cc1ccc2c(Nc3cccc(OC(F)(F)F)c3)nccc2c1Cc1ncccc1-c1ncnc2c1ncn2C1CCCCO1.Cc1ccc2c(Nc3cccc(OC(F)(F)F)c3)nccc2c1Cc1ncccc1-c1ncnc2c1ncn2C1CCCCO1.Cc1ccc2c(Nc3cccc(OC(F)(F)F)c3)nccc2c1N. The Kier molecular flexibility index (Phi) is 21.8. The molecule has 11 heterocycles. The average molecular weight is 1560 g/mol. The van der Waals surface area contributed by atoms with E-state index in [-0.39, 0.29) is 29.7 Å². The second-order valence-electron chi connectivity index (χ2n) is 27.0. The molecule has 2 aliphatic heterocycles. The van der Waals surface area contributed by atoms with E-state index in [1.54, 1.807) is 80.6 Å². The molecule has 114 heavy (non-hydrogen) atoms. The zero-order chi connectivity index (χ0) is 79.3. The van der Waals surface area contributed by atoms with Gasteiger partial charge in [0.2, 0.25) is 0 Å². The Labute approximate surface area is 644 Å². The van der Waals surface area contributed by atoms with Gasteiger partial charge in [0, 0.05) is 131 Å². The lowest BCUT2D eigenvalue weighted by Crippen LogP contribution is -2.17. The number of halogens is 9. The molecule has 0 amide bonds. The molecule has 17 rings (SSSR count). The predicted octanol–water partition coefficient (Wildman–Crippen LogP) is 20.1. The van der Waals surface area contributed by atoms with Crippen LogP contribution in [0.3, 0.4) is 0 Å². The molecule has 0 spiro atoms. The zero-order valence-electron chi connectivity index (χ0n) is 61.2.